The Morgan fingerprint density at radius 2 is 1.92 bits per heavy atom. The standard InChI is InChI=1S/C17H24N4O3/c1-11-15(21(23)24)8-20(19-11)9-16(22)18-10-17-5-12-2-13(6-17)4-14(3-12)7-17/h8,12-14H,2-7,9-10H2,1H3,(H,18,22). The van der Waals surface area contributed by atoms with Crippen LogP contribution in [0.2, 0.25) is 0 Å². The van der Waals surface area contributed by atoms with Crippen molar-refractivity contribution < 1.29 is 9.72 Å². The van der Waals surface area contributed by atoms with Gasteiger partial charge in [-0.2, -0.15) is 5.10 Å². The molecule has 4 aliphatic rings. The van der Waals surface area contributed by atoms with Gasteiger partial charge in [0.2, 0.25) is 5.91 Å². The number of amides is 1. The molecule has 0 aliphatic heterocycles. The van der Waals surface area contributed by atoms with Gasteiger partial charge in [-0.1, -0.05) is 0 Å². The minimum Gasteiger partial charge on any atom is -0.354 e. The number of nitrogens with zero attached hydrogens (tertiary/aromatic N) is 3. The predicted molar refractivity (Wildman–Crippen MR) is 87.2 cm³/mol. The third kappa shape index (κ3) is 2.80. The van der Waals surface area contributed by atoms with E-state index in [0.717, 1.165) is 24.3 Å². The van der Waals surface area contributed by atoms with Crippen LogP contribution in [-0.2, 0) is 11.3 Å². The lowest BCUT2D eigenvalue weighted by molar-refractivity contribution is -0.385. The summed E-state index contributed by atoms with van der Waals surface area (Å²) in [5.41, 5.74) is 0.606. The molecule has 5 rings (SSSR count). The summed E-state index contributed by atoms with van der Waals surface area (Å²) in [6.45, 7) is 2.38. The lowest BCUT2D eigenvalue weighted by Crippen LogP contribution is -2.51. The van der Waals surface area contributed by atoms with Gasteiger partial charge in [0.1, 0.15) is 18.4 Å². The van der Waals surface area contributed by atoms with Crippen molar-refractivity contribution in [3.8, 4) is 0 Å². The lowest BCUT2D eigenvalue weighted by Gasteiger charge is -2.56. The minimum absolute atomic E-state index is 0.0381. The van der Waals surface area contributed by atoms with Gasteiger partial charge in [-0.25, -0.2) is 0 Å². The summed E-state index contributed by atoms with van der Waals surface area (Å²) in [4.78, 5) is 22.6. The summed E-state index contributed by atoms with van der Waals surface area (Å²) >= 11 is 0. The van der Waals surface area contributed by atoms with Crippen molar-refractivity contribution in [2.45, 2.75) is 52.0 Å². The molecule has 0 radical (unpaired) electrons. The summed E-state index contributed by atoms with van der Waals surface area (Å²) < 4.78 is 1.36. The Morgan fingerprint density at radius 1 is 1.33 bits per heavy atom. The van der Waals surface area contributed by atoms with Gasteiger partial charge in [0.25, 0.3) is 0 Å². The van der Waals surface area contributed by atoms with Crippen LogP contribution in [0.4, 0.5) is 5.69 Å². The zero-order chi connectivity index (χ0) is 16.9. The maximum Gasteiger partial charge on any atom is 0.309 e. The Morgan fingerprint density at radius 3 is 2.42 bits per heavy atom. The number of nitro groups is 1. The van der Waals surface area contributed by atoms with Crippen LogP contribution in [0.1, 0.15) is 44.2 Å². The molecule has 1 aromatic rings. The lowest BCUT2D eigenvalue weighted by atomic mass is 9.49. The van der Waals surface area contributed by atoms with Crippen LogP contribution in [0.15, 0.2) is 6.20 Å². The maximum absolute atomic E-state index is 12.3. The van der Waals surface area contributed by atoms with Gasteiger partial charge in [0.05, 0.1) is 4.92 Å². The molecule has 4 fully saturated rings. The fraction of sp³-hybridized carbons (Fsp3) is 0.765. The van der Waals surface area contributed by atoms with E-state index in [9.17, 15) is 14.9 Å². The third-order valence-corrected chi connectivity index (χ3v) is 6.25. The zero-order valence-corrected chi connectivity index (χ0v) is 14.0. The summed E-state index contributed by atoms with van der Waals surface area (Å²) in [7, 11) is 0. The topological polar surface area (TPSA) is 90.1 Å². The number of aryl methyl sites for hydroxylation is 1. The summed E-state index contributed by atoms with van der Waals surface area (Å²) in [5, 5.41) is 18.0. The molecule has 24 heavy (non-hydrogen) atoms. The molecule has 7 heteroatoms. The molecule has 1 N–H and O–H groups in total. The number of hydrogen-bond acceptors (Lipinski definition) is 4. The van der Waals surface area contributed by atoms with Crippen molar-refractivity contribution in [3.63, 3.8) is 0 Å². The Labute approximate surface area is 140 Å². The van der Waals surface area contributed by atoms with E-state index in [4.69, 9.17) is 0 Å². The summed E-state index contributed by atoms with van der Waals surface area (Å²) in [6.07, 6.45) is 9.28. The van der Waals surface area contributed by atoms with Gasteiger partial charge in [-0.05, 0) is 68.6 Å². The van der Waals surface area contributed by atoms with Gasteiger partial charge in [0, 0.05) is 6.54 Å². The number of carbonyl (C=O) groups is 1. The Balaban J connectivity index is 1.35. The number of hydrogen-bond donors (Lipinski definition) is 1. The highest BCUT2D eigenvalue weighted by Crippen LogP contribution is 2.59. The minimum atomic E-state index is -0.466. The predicted octanol–water partition coefficient (Wildman–Crippen LogP) is 2.43. The summed E-state index contributed by atoms with van der Waals surface area (Å²) in [5.74, 6) is 2.49. The second-order valence-electron chi connectivity index (χ2n) is 8.25. The van der Waals surface area contributed by atoms with E-state index in [1.54, 1.807) is 6.92 Å². The Kier molecular flexibility index (Phi) is 3.62. The van der Waals surface area contributed by atoms with Crippen molar-refractivity contribution >= 4 is 11.6 Å². The van der Waals surface area contributed by atoms with Gasteiger partial charge in [-0.3, -0.25) is 19.6 Å². The maximum atomic E-state index is 12.3. The molecule has 1 amide bonds. The fourth-order valence-electron chi connectivity index (χ4n) is 5.76. The van der Waals surface area contributed by atoms with Crippen LogP contribution >= 0.6 is 0 Å². The molecular weight excluding hydrogens is 308 g/mol. The van der Waals surface area contributed by atoms with Crippen molar-refractivity contribution in [1.29, 1.82) is 0 Å². The van der Waals surface area contributed by atoms with E-state index >= 15 is 0 Å². The van der Waals surface area contributed by atoms with Crippen LogP contribution in [0, 0.1) is 40.2 Å². The number of rotatable bonds is 5. The van der Waals surface area contributed by atoms with E-state index < -0.39 is 4.92 Å². The van der Waals surface area contributed by atoms with E-state index in [-0.39, 0.29) is 18.1 Å². The molecular formula is C17H24N4O3. The van der Waals surface area contributed by atoms with Crippen LogP contribution in [0.25, 0.3) is 0 Å². The molecule has 0 unspecified atom stereocenters. The first kappa shape index (κ1) is 15.6. The van der Waals surface area contributed by atoms with Gasteiger partial charge in [-0.15, -0.1) is 0 Å². The van der Waals surface area contributed by atoms with Gasteiger partial charge in [0.15, 0.2) is 0 Å². The Hall–Kier alpha value is -1.92. The molecule has 0 spiro atoms. The zero-order valence-electron chi connectivity index (χ0n) is 14.0. The second kappa shape index (κ2) is 5.57. The number of nitrogens with one attached hydrogen (secondary N) is 1. The third-order valence-electron chi connectivity index (χ3n) is 6.25. The molecule has 7 nitrogen and oxygen atoms in total. The number of carbonyl (C=O) groups excluding carboxylic acids is 1. The van der Waals surface area contributed by atoms with Crippen molar-refractivity contribution in [3.05, 3.63) is 22.0 Å². The monoisotopic (exact) mass is 332 g/mol. The fourth-order valence-corrected chi connectivity index (χ4v) is 5.76. The van der Waals surface area contributed by atoms with Crippen LogP contribution in [0.3, 0.4) is 0 Å². The second-order valence-corrected chi connectivity index (χ2v) is 8.25. The quantitative estimate of drug-likeness (QED) is 0.662. The first-order valence-corrected chi connectivity index (χ1v) is 8.88. The molecule has 0 aromatic carbocycles. The molecule has 130 valence electrons. The highest BCUT2D eigenvalue weighted by molar-refractivity contribution is 5.75. The molecule has 1 aromatic heterocycles. The summed E-state index contributed by atoms with van der Waals surface area (Å²) in [6, 6.07) is 0. The molecule has 0 saturated heterocycles. The smallest absolute Gasteiger partial charge is 0.309 e. The molecule has 4 bridgehead atoms. The van der Waals surface area contributed by atoms with E-state index in [1.807, 2.05) is 0 Å². The first-order valence-electron chi connectivity index (χ1n) is 8.88. The van der Waals surface area contributed by atoms with Crippen LogP contribution in [0.5, 0.6) is 0 Å². The van der Waals surface area contributed by atoms with Crippen molar-refractivity contribution in [2.24, 2.45) is 23.2 Å². The largest absolute Gasteiger partial charge is 0.354 e. The highest BCUT2D eigenvalue weighted by atomic mass is 16.6. The van der Waals surface area contributed by atoms with E-state index in [1.165, 1.54) is 49.4 Å². The van der Waals surface area contributed by atoms with Gasteiger partial charge >= 0.3 is 5.69 Å². The first-order chi connectivity index (χ1) is 11.4. The molecule has 4 saturated carbocycles. The molecule has 0 atom stereocenters. The van der Waals surface area contributed by atoms with Crippen LogP contribution < -0.4 is 5.32 Å². The normalized spacial score (nSPS) is 33.6. The number of aromatic nitrogens is 2. The van der Waals surface area contributed by atoms with Crippen LogP contribution in [-0.4, -0.2) is 27.2 Å². The van der Waals surface area contributed by atoms with E-state index in [2.05, 4.69) is 10.4 Å². The molecule has 1 heterocycles. The van der Waals surface area contributed by atoms with Crippen molar-refractivity contribution in [1.82, 2.24) is 15.1 Å². The van der Waals surface area contributed by atoms with Gasteiger partial charge < -0.3 is 5.32 Å². The average Bonchev–Trinajstić information content (AvgIpc) is 2.85. The van der Waals surface area contributed by atoms with E-state index in [0.29, 0.717) is 11.1 Å². The Bertz CT molecular complexity index is 646. The average molecular weight is 332 g/mol. The SMILES string of the molecule is Cc1nn(CC(=O)NCC23CC4CC(CC(C4)C2)C3)cc1[N+](=O)[O-]. The van der Waals surface area contributed by atoms with Crippen molar-refractivity contribution in [2.75, 3.05) is 6.54 Å². The highest BCUT2D eigenvalue weighted by Gasteiger charge is 2.50. The molecule has 4 aliphatic carbocycles.